The molecule has 0 heterocycles. The Bertz CT molecular complexity index is 824. The summed E-state index contributed by atoms with van der Waals surface area (Å²) in [6, 6.07) is 14.8. The maximum atomic E-state index is 12.9. The van der Waals surface area contributed by atoms with Gasteiger partial charge in [0.1, 0.15) is 11.5 Å². The highest BCUT2D eigenvalue weighted by atomic mass is 32.2. The van der Waals surface area contributed by atoms with Gasteiger partial charge in [0.2, 0.25) is 10.0 Å². The Balaban J connectivity index is 2.50. The van der Waals surface area contributed by atoms with Gasteiger partial charge in [0.05, 0.1) is 19.0 Å². The molecule has 0 saturated carbocycles. The molecule has 6 heteroatoms. The maximum Gasteiger partial charge on any atom is 0.215 e. The summed E-state index contributed by atoms with van der Waals surface area (Å²) in [6.45, 7) is 5.70. The summed E-state index contributed by atoms with van der Waals surface area (Å²) in [4.78, 5) is 0. The lowest BCUT2D eigenvalue weighted by molar-refractivity contribution is 0.370. The zero-order valence-electron chi connectivity index (χ0n) is 16.7. The molecule has 0 aliphatic rings. The molecule has 2 aromatic rings. The van der Waals surface area contributed by atoms with E-state index in [1.165, 1.54) is 0 Å². The van der Waals surface area contributed by atoms with Crippen LogP contribution in [-0.4, -0.2) is 27.4 Å². The number of ether oxygens (including phenoxy) is 2. The van der Waals surface area contributed by atoms with E-state index in [4.69, 9.17) is 14.6 Å². The minimum Gasteiger partial charge on any atom is -0.497 e. The van der Waals surface area contributed by atoms with Crippen molar-refractivity contribution < 1.29 is 17.9 Å². The monoisotopic (exact) mass is 403 g/mol. The molecule has 0 bridgehead atoms. The third-order valence-corrected chi connectivity index (χ3v) is 7.13. The summed E-state index contributed by atoms with van der Waals surface area (Å²) in [5, 5.41) is 5.84. The number of primary sulfonamides is 1. The minimum absolute atomic E-state index is 0.218. The van der Waals surface area contributed by atoms with Gasteiger partial charge in [-0.05, 0) is 60.6 Å². The van der Waals surface area contributed by atoms with Crippen molar-refractivity contribution in [2.75, 3.05) is 14.2 Å². The molecule has 0 aliphatic carbocycles. The summed E-state index contributed by atoms with van der Waals surface area (Å²) >= 11 is 0. The Morgan fingerprint density at radius 3 is 1.64 bits per heavy atom. The van der Waals surface area contributed by atoms with E-state index in [9.17, 15) is 8.42 Å². The van der Waals surface area contributed by atoms with Crippen LogP contribution in [0.15, 0.2) is 61.2 Å². The fraction of sp³-hybridized carbons (Fsp3) is 0.364. The van der Waals surface area contributed by atoms with Gasteiger partial charge in [0, 0.05) is 0 Å². The molecular formula is C22H29NO4S. The van der Waals surface area contributed by atoms with Crippen LogP contribution in [-0.2, 0) is 22.9 Å². The van der Waals surface area contributed by atoms with E-state index < -0.39 is 14.8 Å². The highest BCUT2D eigenvalue weighted by molar-refractivity contribution is 7.90. The van der Waals surface area contributed by atoms with Crippen molar-refractivity contribution in [3.05, 3.63) is 72.3 Å². The van der Waals surface area contributed by atoms with Crippen molar-refractivity contribution in [2.24, 2.45) is 11.1 Å². The molecule has 0 saturated heterocycles. The average molecular weight is 404 g/mol. The molecule has 0 fully saturated rings. The molecule has 0 radical (unpaired) electrons. The van der Waals surface area contributed by atoms with Gasteiger partial charge in [0.15, 0.2) is 0 Å². The van der Waals surface area contributed by atoms with Gasteiger partial charge in [-0.2, -0.15) is 0 Å². The molecule has 0 amide bonds. The average Bonchev–Trinajstić information content (AvgIpc) is 2.67. The summed E-state index contributed by atoms with van der Waals surface area (Å²) in [5.74, 6) is 1.22. The molecule has 0 aromatic heterocycles. The van der Waals surface area contributed by atoms with E-state index in [1.54, 1.807) is 20.3 Å². The third kappa shape index (κ3) is 4.94. The fourth-order valence-corrected chi connectivity index (χ4v) is 4.93. The molecule has 28 heavy (non-hydrogen) atoms. The van der Waals surface area contributed by atoms with E-state index in [2.05, 4.69) is 6.58 Å². The van der Waals surface area contributed by atoms with Crippen molar-refractivity contribution in [1.82, 2.24) is 0 Å². The molecule has 5 nitrogen and oxygen atoms in total. The SMILES string of the molecule is C=CCC(C)C(Cc1ccc(OC)cc1)(Cc1ccc(OC)cc1)S(N)(=O)=O. The molecular weight excluding hydrogens is 374 g/mol. The number of allylic oxidation sites excluding steroid dienone is 1. The van der Waals surface area contributed by atoms with Gasteiger partial charge in [-0.3, -0.25) is 0 Å². The first-order chi connectivity index (χ1) is 13.3. The molecule has 152 valence electrons. The first-order valence-corrected chi connectivity index (χ1v) is 10.7. The van der Waals surface area contributed by atoms with Gasteiger partial charge < -0.3 is 9.47 Å². The molecule has 2 N–H and O–H groups in total. The van der Waals surface area contributed by atoms with E-state index in [0.29, 0.717) is 19.3 Å². The topological polar surface area (TPSA) is 78.6 Å². The number of hydrogen-bond acceptors (Lipinski definition) is 4. The van der Waals surface area contributed by atoms with Crippen LogP contribution in [0.3, 0.4) is 0 Å². The van der Waals surface area contributed by atoms with Crippen molar-refractivity contribution in [1.29, 1.82) is 0 Å². The summed E-state index contributed by atoms with van der Waals surface area (Å²) in [7, 11) is -0.693. The van der Waals surface area contributed by atoms with Gasteiger partial charge in [0.25, 0.3) is 0 Å². The van der Waals surface area contributed by atoms with E-state index in [-0.39, 0.29) is 5.92 Å². The number of hydrogen-bond donors (Lipinski definition) is 1. The Kier molecular flexibility index (Phi) is 7.27. The van der Waals surface area contributed by atoms with Crippen molar-refractivity contribution in [3.8, 4) is 11.5 Å². The van der Waals surface area contributed by atoms with Gasteiger partial charge in [-0.25, -0.2) is 13.6 Å². The van der Waals surface area contributed by atoms with E-state index >= 15 is 0 Å². The summed E-state index contributed by atoms with van der Waals surface area (Å²) < 4.78 is 35.1. The Morgan fingerprint density at radius 2 is 1.36 bits per heavy atom. The zero-order valence-corrected chi connectivity index (χ0v) is 17.5. The quantitative estimate of drug-likeness (QED) is 0.613. The maximum absolute atomic E-state index is 12.9. The fourth-order valence-electron chi connectivity index (χ4n) is 3.54. The van der Waals surface area contributed by atoms with Crippen LogP contribution in [0.5, 0.6) is 11.5 Å². The first-order valence-electron chi connectivity index (χ1n) is 9.15. The van der Waals surface area contributed by atoms with Gasteiger partial charge >= 0.3 is 0 Å². The molecule has 1 unspecified atom stereocenters. The van der Waals surface area contributed by atoms with Crippen molar-refractivity contribution >= 4 is 10.0 Å². The Hall–Kier alpha value is -2.31. The first kappa shape index (κ1) is 22.0. The second-order valence-corrected chi connectivity index (χ2v) is 8.99. The van der Waals surface area contributed by atoms with Crippen LogP contribution in [0.4, 0.5) is 0 Å². The molecule has 0 aliphatic heterocycles. The predicted octanol–water partition coefficient (Wildman–Crippen LogP) is 3.73. The number of sulfonamides is 1. The van der Waals surface area contributed by atoms with Crippen LogP contribution in [0.1, 0.15) is 24.5 Å². The smallest absolute Gasteiger partial charge is 0.215 e. The summed E-state index contributed by atoms with van der Waals surface area (Å²) in [5.41, 5.74) is 1.78. The second-order valence-electron chi connectivity index (χ2n) is 7.08. The van der Waals surface area contributed by atoms with Crippen molar-refractivity contribution in [3.63, 3.8) is 0 Å². The van der Waals surface area contributed by atoms with Crippen molar-refractivity contribution in [2.45, 2.75) is 30.9 Å². The van der Waals surface area contributed by atoms with Gasteiger partial charge in [-0.1, -0.05) is 37.3 Å². The highest BCUT2D eigenvalue weighted by Crippen LogP contribution is 2.36. The van der Waals surface area contributed by atoms with Gasteiger partial charge in [-0.15, -0.1) is 6.58 Å². The number of nitrogens with two attached hydrogens (primary N) is 1. The lowest BCUT2D eigenvalue weighted by atomic mass is 9.80. The molecule has 2 rings (SSSR count). The van der Waals surface area contributed by atoms with E-state index in [1.807, 2.05) is 55.5 Å². The normalized spacial score (nSPS) is 13.0. The number of methoxy groups -OCH3 is 2. The second kappa shape index (κ2) is 9.26. The van der Waals surface area contributed by atoms with Crippen LogP contribution in [0.2, 0.25) is 0 Å². The van der Waals surface area contributed by atoms with Crippen LogP contribution in [0, 0.1) is 5.92 Å². The molecule has 0 spiro atoms. The lowest BCUT2D eigenvalue weighted by Crippen LogP contribution is -2.52. The molecule has 2 aromatic carbocycles. The highest BCUT2D eigenvalue weighted by Gasteiger charge is 2.46. The number of benzene rings is 2. The lowest BCUT2D eigenvalue weighted by Gasteiger charge is -2.37. The number of rotatable bonds is 10. The molecule has 1 atom stereocenters. The third-order valence-electron chi connectivity index (χ3n) is 5.31. The zero-order chi connectivity index (χ0) is 20.8. The standard InChI is InChI=1S/C22H29NO4S/c1-5-6-17(2)22(28(23,24)25,15-18-7-11-20(26-3)12-8-18)16-19-9-13-21(27-4)14-10-19/h5,7-14,17H,1,6,15-16H2,2-4H3,(H2,23,24,25). The summed E-state index contributed by atoms with van der Waals surface area (Å²) in [6.07, 6.45) is 2.89. The van der Waals surface area contributed by atoms with Crippen LogP contribution < -0.4 is 14.6 Å². The van der Waals surface area contributed by atoms with Crippen LogP contribution in [0.25, 0.3) is 0 Å². The van der Waals surface area contributed by atoms with E-state index in [0.717, 1.165) is 22.6 Å². The Morgan fingerprint density at radius 1 is 0.964 bits per heavy atom. The van der Waals surface area contributed by atoms with Crippen LogP contribution >= 0.6 is 0 Å². The predicted molar refractivity (Wildman–Crippen MR) is 113 cm³/mol. The Labute approximate surface area is 168 Å². The minimum atomic E-state index is -3.89. The largest absolute Gasteiger partial charge is 0.497 e.